The predicted octanol–water partition coefficient (Wildman–Crippen LogP) is 2.01. The first kappa shape index (κ1) is 17.5. The number of benzene rings is 1. The molecule has 1 aromatic heterocycles. The van der Waals surface area contributed by atoms with E-state index >= 15 is 0 Å². The monoisotopic (exact) mass is 356 g/mol. The number of fused-ring (bicyclic) bond motifs is 1. The quantitative estimate of drug-likeness (QED) is 0.912. The summed E-state index contributed by atoms with van der Waals surface area (Å²) in [4.78, 5) is 21.9. The fraction of sp³-hybridized carbons (Fsp3) is 0.600. The summed E-state index contributed by atoms with van der Waals surface area (Å²) in [5.41, 5.74) is 1.91. The fourth-order valence-electron chi connectivity index (χ4n) is 4.35. The van der Waals surface area contributed by atoms with Gasteiger partial charge in [0.15, 0.2) is 0 Å². The zero-order valence-electron chi connectivity index (χ0n) is 15.6. The molecule has 1 aliphatic carbocycles. The molecule has 1 saturated heterocycles. The molecule has 2 aliphatic rings. The maximum Gasteiger partial charge on any atom is 0.261 e. The van der Waals surface area contributed by atoms with Crippen LogP contribution < -0.4 is 10.5 Å². The zero-order chi connectivity index (χ0) is 18.3. The number of piperazine rings is 1. The Kier molecular flexibility index (Phi) is 4.71. The van der Waals surface area contributed by atoms with Crippen LogP contribution in [0.5, 0.6) is 0 Å². The summed E-state index contributed by atoms with van der Waals surface area (Å²) in [7, 11) is 0. The normalized spacial score (nSPS) is 24.7. The molecule has 0 spiro atoms. The van der Waals surface area contributed by atoms with Crippen LogP contribution in [0.15, 0.2) is 29.3 Å². The van der Waals surface area contributed by atoms with Crippen molar-refractivity contribution in [2.45, 2.75) is 51.3 Å². The van der Waals surface area contributed by atoms with Gasteiger partial charge in [0.25, 0.3) is 5.56 Å². The van der Waals surface area contributed by atoms with Crippen molar-refractivity contribution < 1.29 is 5.11 Å². The van der Waals surface area contributed by atoms with Crippen molar-refractivity contribution in [3.05, 3.63) is 34.9 Å². The Morgan fingerprint density at radius 2 is 1.92 bits per heavy atom. The molecule has 1 saturated carbocycles. The molecule has 2 atom stereocenters. The van der Waals surface area contributed by atoms with Gasteiger partial charge in [-0.1, -0.05) is 0 Å². The zero-order valence-corrected chi connectivity index (χ0v) is 15.6. The van der Waals surface area contributed by atoms with Crippen molar-refractivity contribution >= 4 is 16.6 Å². The molecule has 1 N–H and O–H groups in total. The summed E-state index contributed by atoms with van der Waals surface area (Å²) >= 11 is 0. The van der Waals surface area contributed by atoms with Crippen LogP contribution in [-0.4, -0.2) is 57.9 Å². The highest BCUT2D eigenvalue weighted by Crippen LogP contribution is 2.27. The second-order valence-corrected chi connectivity index (χ2v) is 7.84. The number of aliphatic hydroxyl groups is 1. The second kappa shape index (κ2) is 7.00. The molecule has 6 nitrogen and oxygen atoms in total. The summed E-state index contributed by atoms with van der Waals surface area (Å²) in [5, 5.41) is 10.8. The van der Waals surface area contributed by atoms with Gasteiger partial charge in [0, 0.05) is 44.0 Å². The largest absolute Gasteiger partial charge is 0.391 e. The molecule has 2 aromatic rings. The van der Waals surface area contributed by atoms with E-state index in [-0.39, 0.29) is 17.7 Å². The van der Waals surface area contributed by atoms with Crippen LogP contribution in [0.3, 0.4) is 0 Å². The first-order valence-electron chi connectivity index (χ1n) is 9.72. The third-order valence-electron chi connectivity index (χ3n) is 5.92. The number of aliphatic hydroxyl groups excluding tert-OH is 1. The molecule has 0 radical (unpaired) electrons. The number of nitrogens with zero attached hydrogens (tertiary/aromatic N) is 4. The molecular formula is C20H28N4O2. The summed E-state index contributed by atoms with van der Waals surface area (Å²) in [6.45, 7) is 7.81. The molecule has 4 rings (SSSR count). The third-order valence-corrected chi connectivity index (χ3v) is 5.92. The molecule has 2 heterocycles. The third kappa shape index (κ3) is 3.12. The summed E-state index contributed by atoms with van der Waals surface area (Å²) < 4.78 is 1.67. The first-order chi connectivity index (χ1) is 12.5. The van der Waals surface area contributed by atoms with Gasteiger partial charge in [0.1, 0.15) is 0 Å². The van der Waals surface area contributed by atoms with E-state index < -0.39 is 0 Å². The highest BCUT2D eigenvalue weighted by atomic mass is 16.3. The van der Waals surface area contributed by atoms with Crippen LogP contribution in [-0.2, 0) is 0 Å². The first-order valence-corrected chi connectivity index (χ1v) is 9.72. The molecule has 1 aromatic carbocycles. The van der Waals surface area contributed by atoms with Crippen LogP contribution in [0.4, 0.5) is 5.69 Å². The van der Waals surface area contributed by atoms with E-state index in [1.165, 1.54) is 0 Å². The van der Waals surface area contributed by atoms with E-state index in [1.807, 2.05) is 32.0 Å². The van der Waals surface area contributed by atoms with Gasteiger partial charge in [-0.05, 0) is 51.3 Å². The molecule has 6 heteroatoms. The van der Waals surface area contributed by atoms with Crippen LogP contribution in [0.2, 0.25) is 0 Å². The number of aromatic nitrogens is 2. The molecule has 2 fully saturated rings. The summed E-state index contributed by atoms with van der Waals surface area (Å²) in [6, 6.07) is 6.42. The Hall–Kier alpha value is -1.92. The number of hydrogen-bond donors (Lipinski definition) is 1. The lowest BCUT2D eigenvalue weighted by molar-refractivity contribution is 0.0671. The average molecular weight is 356 g/mol. The van der Waals surface area contributed by atoms with Gasteiger partial charge in [0.2, 0.25) is 0 Å². The molecule has 0 bridgehead atoms. The van der Waals surface area contributed by atoms with Crippen LogP contribution >= 0.6 is 0 Å². The van der Waals surface area contributed by atoms with E-state index in [4.69, 9.17) is 0 Å². The maximum atomic E-state index is 12.6. The molecule has 140 valence electrons. The number of rotatable bonds is 3. The standard InChI is InChI=1S/C20H28N4O2/c1-14(2)24-13-21-17-12-15(6-7-16(17)20(24)26)22-8-10-23(11-9-22)18-4-3-5-19(18)25/h6-7,12-14,18-19,25H,3-5,8-11H2,1-2H3. The Morgan fingerprint density at radius 1 is 1.15 bits per heavy atom. The van der Waals surface area contributed by atoms with Crippen LogP contribution in [0.25, 0.3) is 10.9 Å². The van der Waals surface area contributed by atoms with Crippen molar-refractivity contribution in [3.63, 3.8) is 0 Å². The van der Waals surface area contributed by atoms with Gasteiger partial charge in [-0.25, -0.2) is 4.98 Å². The highest BCUT2D eigenvalue weighted by Gasteiger charge is 2.32. The molecule has 26 heavy (non-hydrogen) atoms. The number of anilines is 1. The SMILES string of the molecule is CC(C)n1cnc2cc(N3CCN(C4CCCC4O)CC3)ccc2c1=O. The van der Waals surface area contributed by atoms with Gasteiger partial charge in [-0.15, -0.1) is 0 Å². The Bertz CT molecular complexity index is 839. The second-order valence-electron chi connectivity index (χ2n) is 7.84. The van der Waals surface area contributed by atoms with E-state index in [0.29, 0.717) is 11.4 Å². The molecule has 1 aliphatic heterocycles. The van der Waals surface area contributed by atoms with Crippen molar-refractivity contribution in [3.8, 4) is 0 Å². The lowest BCUT2D eigenvalue weighted by Crippen LogP contribution is -2.52. The minimum atomic E-state index is -0.158. The highest BCUT2D eigenvalue weighted by molar-refractivity contribution is 5.81. The van der Waals surface area contributed by atoms with Gasteiger partial charge in [-0.3, -0.25) is 14.3 Å². The van der Waals surface area contributed by atoms with Crippen molar-refractivity contribution in [1.29, 1.82) is 0 Å². The Morgan fingerprint density at radius 3 is 2.58 bits per heavy atom. The van der Waals surface area contributed by atoms with Gasteiger partial charge >= 0.3 is 0 Å². The average Bonchev–Trinajstić information content (AvgIpc) is 3.07. The smallest absolute Gasteiger partial charge is 0.261 e. The lowest BCUT2D eigenvalue weighted by Gasteiger charge is -2.40. The lowest BCUT2D eigenvalue weighted by atomic mass is 10.1. The van der Waals surface area contributed by atoms with E-state index in [2.05, 4.69) is 14.8 Å². The van der Waals surface area contributed by atoms with Crippen LogP contribution in [0.1, 0.15) is 39.2 Å². The number of hydrogen-bond acceptors (Lipinski definition) is 5. The van der Waals surface area contributed by atoms with Crippen LogP contribution in [0, 0.1) is 0 Å². The Labute approximate surface area is 154 Å². The predicted molar refractivity (Wildman–Crippen MR) is 104 cm³/mol. The van der Waals surface area contributed by atoms with Gasteiger partial charge in [0.05, 0.1) is 23.3 Å². The maximum absolute atomic E-state index is 12.6. The van der Waals surface area contributed by atoms with Crippen molar-refractivity contribution in [2.75, 3.05) is 31.1 Å². The molecule has 2 unspecified atom stereocenters. The fourth-order valence-corrected chi connectivity index (χ4v) is 4.35. The van der Waals surface area contributed by atoms with E-state index in [1.54, 1.807) is 10.9 Å². The molecular weight excluding hydrogens is 328 g/mol. The van der Waals surface area contributed by atoms with E-state index in [0.717, 1.165) is 56.6 Å². The Balaban J connectivity index is 1.51. The summed E-state index contributed by atoms with van der Waals surface area (Å²) in [5.74, 6) is 0. The minimum absolute atomic E-state index is 0.0246. The van der Waals surface area contributed by atoms with Gasteiger partial charge < -0.3 is 10.0 Å². The van der Waals surface area contributed by atoms with Crippen molar-refractivity contribution in [2.24, 2.45) is 0 Å². The van der Waals surface area contributed by atoms with Gasteiger partial charge in [-0.2, -0.15) is 0 Å². The van der Waals surface area contributed by atoms with E-state index in [9.17, 15) is 9.90 Å². The minimum Gasteiger partial charge on any atom is -0.391 e. The summed E-state index contributed by atoms with van der Waals surface area (Å²) in [6.07, 6.45) is 4.68. The molecule has 0 amide bonds. The topological polar surface area (TPSA) is 61.6 Å². The van der Waals surface area contributed by atoms with Crippen molar-refractivity contribution in [1.82, 2.24) is 14.5 Å².